The third-order valence-electron chi connectivity index (χ3n) is 9.29. The predicted molar refractivity (Wildman–Crippen MR) is 194 cm³/mol. The average Bonchev–Trinajstić information content (AvgIpc) is 3.86. The zero-order chi connectivity index (χ0) is 37.5. The minimum absolute atomic E-state index is 0.124. The summed E-state index contributed by atoms with van der Waals surface area (Å²) in [7, 11) is 9.54. The van der Waals surface area contributed by atoms with E-state index in [2.05, 4.69) is 13.8 Å². The van der Waals surface area contributed by atoms with Crippen molar-refractivity contribution in [2.24, 2.45) is 0 Å². The van der Waals surface area contributed by atoms with Gasteiger partial charge in [-0.3, -0.25) is 0 Å². The molecule has 2 aliphatic rings. The topological polar surface area (TPSA) is 120 Å². The summed E-state index contributed by atoms with van der Waals surface area (Å²) in [6.07, 6.45) is 0. The van der Waals surface area contributed by atoms with Gasteiger partial charge in [-0.25, -0.2) is 0 Å². The molecule has 0 amide bonds. The summed E-state index contributed by atoms with van der Waals surface area (Å²) >= 11 is 0. The van der Waals surface area contributed by atoms with E-state index in [1.807, 2.05) is 48.5 Å². The second-order valence-corrected chi connectivity index (χ2v) is 12.2. The van der Waals surface area contributed by atoms with Crippen molar-refractivity contribution in [2.75, 3.05) is 82.7 Å². The quantitative estimate of drug-likeness (QED) is 0.0980. The van der Waals surface area contributed by atoms with Gasteiger partial charge in [0, 0.05) is 35.1 Å². The van der Waals surface area contributed by atoms with E-state index in [4.69, 9.17) is 61.6 Å². The van der Waals surface area contributed by atoms with E-state index in [0.29, 0.717) is 95.4 Å². The van der Waals surface area contributed by atoms with Gasteiger partial charge in [0.15, 0.2) is 46.0 Å². The molecule has 0 aromatic heterocycles. The lowest BCUT2D eigenvalue weighted by molar-refractivity contribution is 0.0758. The summed E-state index contributed by atoms with van der Waals surface area (Å²) in [5, 5.41) is 0. The molecule has 2 heterocycles. The minimum Gasteiger partial charge on any atom is -0.493 e. The monoisotopic (exact) mass is 734 g/mol. The van der Waals surface area contributed by atoms with Gasteiger partial charge in [0.05, 0.1) is 55.9 Å². The molecule has 13 heteroatoms. The van der Waals surface area contributed by atoms with Crippen LogP contribution in [0.2, 0.25) is 0 Å². The van der Waals surface area contributed by atoms with Crippen molar-refractivity contribution in [1.82, 2.24) is 0 Å². The first kappa shape index (κ1) is 37.2. The van der Waals surface area contributed by atoms with Gasteiger partial charge >= 0.3 is 0 Å². The Balaban J connectivity index is 1.11. The fraction of sp³-hybridized carbons (Fsp3) is 0.400. The van der Waals surface area contributed by atoms with Gasteiger partial charge in [-0.1, -0.05) is 13.8 Å². The van der Waals surface area contributed by atoms with Crippen LogP contribution in [-0.4, -0.2) is 82.7 Å². The van der Waals surface area contributed by atoms with Gasteiger partial charge in [-0.2, -0.15) is 0 Å². The van der Waals surface area contributed by atoms with E-state index in [0.717, 1.165) is 22.3 Å². The first-order valence-corrected chi connectivity index (χ1v) is 17.1. The fourth-order valence-electron chi connectivity index (χ4n) is 6.39. The number of hydrogen-bond donors (Lipinski definition) is 0. The zero-order valence-corrected chi connectivity index (χ0v) is 31.3. The van der Waals surface area contributed by atoms with E-state index in [1.54, 1.807) is 42.7 Å². The molecular formula is C40H46O13. The lowest BCUT2D eigenvalue weighted by Crippen LogP contribution is -2.14. The van der Waals surface area contributed by atoms with Crippen LogP contribution in [0.15, 0.2) is 48.5 Å². The molecule has 0 fully saturated rings. The standard InChI is InChI=1S/C40H46O13/c1-23(25-13-35(41-3)39(45-7)36(14-25)42-4)27-17-31-33(52-21-50-31)19-29(27)48-11-9-47-10-12-49-30-20-34-32(51-22-53-34)18-28(30)24(2)26-15-37(43-5)40(46-8)38(16-26)44-6/h13-20,23-24H,9-12,21-22H2,1-8H3/t23-,24+. The number of fused-ring (bicyclic) bond motifs is 2. The van der Waals surface area contributed by atoms with Crippen molar-refractivity contribution in [3.63, 3.8) is 0 Å². The molecule has 0 saturated heterocycles. The molecule has 0 unspecified atom stereocenters. The molecule has 0 saturated carbocycles. The molecule has 4 aromatic rings. The minimum atomic E-state index is -0.124. The summed E-state index contributed by atoms with van der Waals surface area (Å²) in [4.78, 5) is 0. The van der Waals surface area contributed by atoms with Crippen molar-refractivity contribution < 1.29 is 61.6 Å². The first-order valence-electron chi connectivity index (χ1n) is 17.1. The zero-order valence-electron chi connectivity index (χ0n) is 31.3. The largest absolute Gasteiger partial charge is 0.493 e. The molecule has 13 nitrogen and oxygen atoms in total. The lowest BCUT2D eigenvalue weighted by Gasteiger charge is -2.21. The molecule has 0 aliphatic carbocycles. The Morgan fingerprint density at radius 1 is 0.434 bits per heavy atom. The molecule has 0 spiro atoms. The SMILES string of the molecule is COc1cc([C@@H](C)c2cc3c(cc2OCCOCCOc2cc4c(cc2[C@@H](C)c2cc(OC)c(OC)c(OC)c2)OCO4)OCO3)cc(OC)c1OC. The summed E-state index contributed by atoms with van der Waals surface area (Å²) < 4.78 is 74.7. The van der Waals surface area contributed by atoms with Crippen molar-refractivity contribution >= 4 is 0 Å². The maximum atomic E-state index is 6.28. The van der Waals surface area contributed by atoms with Gasteiger partial charge in [0.25, 0.3) is 0 Å². The van der Waals surface area contributed by atoms with Crippen molar-refractivity contribution in [3.05, 3.63) is 70.8 Å². The molecule has 284 valence electrons. The van der Waals surface area contributed by atoms with Crippen LogP contribution in [0.25, 0.3) is 0 Å². The maximum Gasteiger partial charge on any atom is 0.231 e. The Labute approximate surface area is 309 Å². The Morgan fingerprint density at radius 3 is 1.09 bits per heavy atom. The highest BCUT2D eigenvalue weighted by molar-refractivity contribution is 5.60. The molecule has 0 N–H and O–H groups in total. The van der Waals surface area contributed by atoms with Gasteiger partial charge in [-0.05, 0) is 47.5 Å². The molecular weight excluding hydrogens is 688 g/mol. The molecule has 2 atom stereocenters. The number of hydrogen-bond acceptors (Lipinski definition) is 13. The summed E-state index contributed by atoms with van der Waals surface area (Å²) in [5.74, 6) is 6.92. The Morgan fingerprint density at radius 2 is 0.774 bits per heavy atom. The van der Waals surface area contributed by atoms with Gasteiger partial charge < -0.3 is 61.6 Å². The predicted octanol–water partition coefficient (Wildman–Crippen LogP) is 6.97. The third-order valence-corrected chi connectivity index (χ3v) is 9.29. The van der Waals surface area contributed by atoms with E-state index < -0.39 is 0 Å². The average molecular weight is 735 g/mol. The normalized spacial score (nSPS) is 13.6. The summed E-state index contributed by atoms with van der Waals surface area (Å²) in [5.41, 5.74) is 3.70. The van der Waals surface area contributed by atoms with Crippen molar-refractivity contribution in [3.8, 4) is 69.0 Å². The number of methoxy groups -OCH3 is 6. The fourth-order valence-corrected chi connectivity index (χ4v) is 6.39. The van der Waals surface area contributed by atoms with Crippen molar-refractivity contribution in [1.29, 1.82) is 0 Å². The molecule has 6 rings (SSSR count). The Kier molecular flexibility index (Phi) is 11.8. The number of rotatable bonds is 18. The smallest absolute Gasteiger partial charge is 0.231 e. The highest BCUT2D eigenvalue weighted by Gasteiger charge is 2.26. The van der Waals surface area contributed by atoms with Crippen LogP contribution in [0, 0.1) is 0 Å². The molecule has 53 heavy (non-hydrogen) atoms. The van der Waals surface area contributed by atoms with E-state index in [9.17, 15) is 0 Å². The molecule has 4 aromatic carbocycles. The van der Waals surface area contributed by atoms with Crippen LogP contribution in [0.5, 0.6) is 69.0 Å². The summed E-state index contributed by atoms with van der Waals surface area (Å²) in [6.45, 7) is 5.68. The highest BCUT2D eigenvalue weighted by Crippen LogP contribution is 2.47. The van der Waals surface area contributed by atoms with Crippen LogP contribution in [0.1, 0.15) is 47.9 Å². The second-order valence-electron chi connectivity index (χ2n) is 12.2. The second kappa shape index (κ2) is 16.8. The van der Waals surface area contributed by atoms with E-state index in [-0.39, 0.29) is 25.4 Å². The third kappa shape index (κ3) is 7.80. The van der Waals surface area contributed by atoms with E-state index >= 15 is 0 Å². The van der Waals surface area contributed by atoms with E-state index in [1.165, 1.54) is 0 Å². The van der Waals surface area contributed by atoms with Crippen LogP contribution >= 0.6 is 0 Å². The molecule has 0 bridgehead atoms. The Hall–Kier alpha value is -5.56. The van der Waals surface area contributed by atoms with Crippen LogP contribution < -0.4 is 56.8 Å². The first-order chi connectivity index (χ1) is 25.8. The van der Waals surface area contributed by atoms with Crippen molar-refractivity contribution in [2.45, 2.75) is 25.7 Å². The van der Waals surface area contributed by atoms with Gasteiger partial charge in [0.1, 0.15) is 24.7 Å². The van der Waals surface area contributed by atoms with Gasteiger partial charge in [0.2, 0.25) is 25.1 Å². The summed E-state index contributed by atoms with van der Waals surface area (Å²) in [6, 6.07) is 15.3. The Bertz CT molecular complexity index is 1710. The maximum absolute atomic E-state index is 6.28. The lowest BCUT2D eigenvalue weighted by atomic mass is 9.91. The number of benzene rings is 4. The number of ether oxygens (including phenoxy) is 13. The van der Waals surface area contributed by atoms with Crippen LogP contribution in [0.3, 0.4) is 0 Å². The molecule has 0 radical (unpaired) electrons. The van der Waals surface area contributed by atoms with Gasteiger partial charge in [-0.15, -0.1) is 0 Å². The van der Waals surface area contributed by atoms with Crippen LogP contribution in [0.4, 0.5) is 0 Å². The highest BCUT2D eigenvalue weighted by atomic mass is 16.7. The molecule has 2 aliphatic heterocycles. The van der Waals surface area contributed by atoms with Crippen LogP contribution in [-0.2, 0) is 4.74 Å².